The first-order valence-corrected chi connectivity index (χ1v) is 6.74. The lowest BCUT2D eigenvalue weighted by atomic mass is 9.99. The van der Waals surface area contributed by atoms with E-state index in [0.29, 0.717) is 0 Å². The molecule has 0 saturated heterocycles. The van der Waals surface area contributed by atoms with E-state index in [4.69, 9.17) is 4.74 Å². The van der Waals surface area contributed by atoms with Gasteiger partial charge in [-0.3, -0.25) is 4.98 Å². The van der Waals surface area contributed by atoms with Crippen molar-refractivity contribution < 1.29 is 4.74 Å². The molecule has 0 bridgehead atoms. The van der Waals surface area contributed by atoms with Crippen LogP contribution in [-0.2, 0) is 4.74 Å². The van der Waals surface area contributed by atoms with Gasteiger partial charge in [0.25, 0.3) is 0 Å². The first-order chi connectivity index (χ1) is 9.40. The van der Waals surface area contributed by atoms with E-state index in [2.05, 4.69) is 34.6 Å². The number of hydrogen-bond acceptors (Lipinski definition) is 3. The van der Waals surface area contributed by atoms with E-state index in [1.54, 1.807) is 0 Å². The third-order valence-corrected chi connectivity index (χ3v) is 3.53. The standard InChI is InChI=1S/C16H18N2O/c1-17-16(15-8-4-5-11-19-15)13-9-10-18-14-7-3-2-6-12(13)14/h2-3,6-10,16-17H,4-5,11H2,1H3. The highest BCUT2D eigenvalue weighted by Gasteiger charge is 2.20. The van der Waals surface area contributed by atoms with Gasteiger partial charge in [-0.25, -0.2) is 0 Å². The van der Waals surface area contributed by atoms with Crippen LogP contribution in [0.2, 0.25) is 0 Å². The number of pyridine rings is 1. The minimum absolute atomic E-state index is 0.105. The van der Waals surface area contributed by atoms with Gasteiger partial charge in [0.15, 0.2) is 0 Å². The Morgan fingerprint density at radius 2 is 2.16 bits per heavy atom. The lowest BCUT2D eigenvalue weighted by molar-refractivity contribution is 0.170. The van der Waals surface area contributed by atoms with Crippen molar-refractivity contribution in [2.75, 3.05) is 13.7 Å². The monoisotopic (exact) mass is 254 g/mol. The Bertz CT molecular complexity index is 601. The summed E-state index contributed by atoms with van der Waals surface area (Å²) in [5.41, 5.74) is 2.25. The predicted octanol–water partition coefficient (Wildman–Crippen LogP) is 3.19. The zero-order valence-corrected chi connectivity index (χ0v) is 11.1. The van der Waals surface area contributed by atoms with Crippen LogP contribution in [-0.4, -0.2) is 18.6 Å². The molecule has 3 heteroatoms. The van der Waals surface area contributed by atoms with E-state index < -0.39 is 0 Å². The number of para-hydroxylation sites is 1. The number of likely N-dealkylation sites (N-methyl/N-ethyl adjacent to an activating group) is 1. The maximum Gasteiger partial charge on any atom is 0.113 e. The van der Waals surface area contributed by atoms with Crippen LogP contribution < -0.4 is 5.32 Å². The first-order valence-electron chi connectivity index (χ1n) is 6.74. The average Bonchev–Trinajstić information content (AvgIpc) is 2.49. The summed E-state index contributed by atoms with van der Waals surface area (Å²) in [6, 6.07) is 10.4. The molecule has 0 radical (unpaired) electrons. The summed E-state index contributed by atoms with van der Waals surface area (Å²) in [6.07, 6.45) is 6.26. The Morgan fingerprint density at radius 1 is 1.26 bits per heavy atom. The first kappa shape index (κ1) is 12.2. The molecule has 2 aromatic rings. The van der Waals surface area contributed by atoms with Crippen LogP contribution in [0, 0.1) is 0 Å². The molecule has 19 heavy (non-hydrogen) atoms. The molecule has 1 unspecified atom stereocenters. The molecule has 3 rings (SSSR count). The van der Waals surface area contributed by atoms with Crippen LogP contribution in [0.15, 0.2) is 48.4 Å². The average molecular weight is 254 g/mol. The highest BCUT2D eigenvalue weighted by Crippen LogP contribution is 2.30. The van der Waals surface area contributed by atoms with Crippen LogP contribution >= 0.6 is 0 Å². The van der Waals surface area contributed by atoms with Crippen LogP contribution in [0.5, 0.6) is 0 Å². The van der Waals surface area contributed by atoms with Gasteiger partial charge in [0, 0.05) is 11.6 Å². The largest absolute Gasteiger partial charge is 0.496 e. The summed E-state index contributed by atoms with van der Waals surface area (Å²) < 4.78 is 5.81. The summed E-state index contributed by atoms with van der Waals surface area (Å²) in [7, 11) is 1.97. The van der Waals surface area contributed by atoms with Gasteiger partial charge in [0.2, 0.25) is 0 Å². The molecule has 0 aliphatic carbocycles. The lowest BCUT2D eigenvalue weighted by Gasteiger charge is -2.24. The highest BCUT2D eigenvalue weighted by molar-refractivity contribution is 5.82. The number of nitrogens with one attached hydrogen (secondary N) is 1. The fourth-order valence-electron chi connectivity index (χ4n) is 2.60. The van der Waals surface area contributed by atoms with Crippen LogP contribution in [0.1, 0.15) is 24.4 Å². The highest BCUT2D eigenvalue weighted by atomic mass is 16.5. The molecule has 1 aromatic carbocycles. The van der Waals surface area contributed by atoms with Gasteiger partial charge >= 0.3 is 0 Å². The zero-order valence-electron chi connectivity index (χ0n) is 11.1. The fourth-order valence-corrected chi connectivity index (χ4v) is 2.60. The Morgan fingerprint density at radius 3 is 2.95 bits per heavy atom. The number of allylic oxidation sites excluding steroid dienone is 1. The zero-order chi connectivity index (χ0) is 13.1. The van der Waals surface area contributed by atoms with Gasteiger partial charge in [-0.2, -0.15) is 0 Å². The van der Waals surface area contributed by atoms with Gasteiger partial charge in [0.05, 0.1) is 18.2 Å². The normalized spacial score (nSPS) is 16.8. The van der Waals surface area contributed by atoms with Crippen molar-refractivity contribution >= 4 is 10.9 Å². The molecule has 2 heterocycles. The molecule has 1 aromatic heterocycles. The molecule has 1 atom stereocenters. The molecular weight excluding hydrogens is 236 g/mol. The Labute approximate surface area is 113 Å². The molecule has 0 spiro atoms. The lowest BCUT2D eigenvalue weighted by Crippen LogP contribution is -2.22. The van der Waals surface area contributed by atoms with Gasteiger partial charge < -0.3 is 10.1 Å². The Hall–Kier alpha value is -1.87. The van der Waals surface area contributed by atoms with E-state index in [0.717, 1.165) is 30.7 Å². The van der Waals surface area contributed by atoms with Crippen molar-refractivity contribution in [3.63, 3.8) is 0 Å². The number of benzene rings is 1. The molecule has 0 fully saturated rings. The number of ether oxygens (including phenoxy) is 1. The van der Waals surface area contributed by atoms with Gasteiger partial charge in [-0.1, -0.05) is 18.2 Å². The van der Waals surface area contributed by atoms with Crippen molar-refractivity contribution in [1.29, 1.82) is 0 Å². The molecule has 1 aliphatic heterocycles. The number of rotatable bonds is 3. The summed E-state index contributed by atoms with van der Waals surface area (Å²) >= 11 is 0. The minimum atomic E-state index is 0.105. The minimum Gasteiger partial charge on any atom is -0.496 e. The van der Waals surface area contributed by atoms with Crippen molar-refractivity contribution in [1.82, 2.24) is 10.3 Å². The fraction of sp³-hybridized carbons (Fsp3) is 0.312. The van der Waals surface area contributed by atoms with E-state index in [1.165, 1.54) is 10.9 Å². The summed E-state index contributed by atoms with van der Waals surface area (Å²) in [4.78, 5) is 4.42. The third kappa shape index (κ3) is 2.34. The molecular formula is C16H18N2O. The van der Waals surface area contributed by atoms with Gasteiger partial charge in [-0.05, 0) is 43.7 Å². The molecule has 0 amide bonds. The number of nitrogens with zero attached hydrogens (tertiary/aromatic N) is 1. The van der Waals surface area contributed by atoms with Gasteiger partial charge in [0.1, 0.15) is 5.76 Å². The molecule has 0 saturated carbocycles. The van der Waals surface area contributed by atoms with E-state index in [-0.39, 0.29) is 6.04 Å². The second kappa shape index (κ2) is 5.41. The number of aromatic nitrogens is 1. The van der Waals surface area contributed by atoms with Crippen LogP contribution in [0.25, 0.3) is 10.9 Å². The number of fused-ring (bicyclic) bond motifs is 1. The topological polar surface area (TPSA) is 34.1 Å². The van der Waals surface area contributed by atoms with Crippen molar-refractivity contribution in [2.45, 2.75) is 18.9 Å². The van der Waals surface area contributed by atoms with Crippen molar-refractivity contribution in [3.8, 4) is 0 Å². The Kier molecular flexibility index (Phi) is 3.47. The summed E-state index contributed by atoms with van der Waals surface area (Å²) in [5.74, 6) is 1.03. The van der Waals surface area contributed by atoms with E-state index in [9.17, 15) is 0 Å². The van der Waals surface area contributed by atoms with E-state index >= 15 is 0 Å². The SMILES string of the molecule is CNC(C1=CCCCO1)c1ccnc2ccccc12. The quantitative estimate of drug-likeness (QED) is 0.913. The molecule has 1 N–H and O–H groups in total. The van der Waals surface area contributed by atoms with E-state index in [1.807, 2.05) is 25.4 Å². The smallest absolute Gasteiger partial charge is 0.113 e. The molecule has 3 nitrogen and oxygen atoms in total. The van der Waals surface area contributed by atoms with Gasteiger partial charge in [-0.15, -0.1) is 0 Å². The third-order valence-electron chi connectivity index (χ3n) is 3.53. The second-order valence-electron chi connectivity index (χ2n) is 4.74. The molecule has 98 valence electrons. The second-order valence-corrected chi connectivity index (χ2v) is 4.74. The molecule has 1 aliphatic rings. The van der Waals surface area contributed by atoms with Crippen LogP contribution in [0.3, 0.4) is 0 Å². The van der Waals surface area contributed by atoms with Crippen molar-refractivity contribution in [3.05, 3.63) is 53.9 Å². The summed E-state index contributed by atoms with van der Waals surface area (Å²) in [6.45, 7) is 0.813. The predicted molar refractivity (Wildman–Crippen MR) is 76.8 cm³/mol. The maximum atomic E-state index is 5.81. The summed E-state index contributed by atoms with van der Waals surface area (Å²) in [5, 5.41) is 4.54. The number of hydrogen-bond donors (Lipinski definition) is 1. The van der Waals surface area contributed by atoms with Crippen LogP contribution in [0.4, 0.5) is 0 Å². The van der Waals surface area contributed by atoms with Crippen molar-refractivity contribution in [2.24, 2.45) is 0 Å². The Balaban J connectivity index is 2.08. The maximum absolute atomic E-state index is 5.81.